The second kappa shape index (κ2) is 4.85. The zero-order chi connectivity index (χ0) is 13.4. The second-order valence-corrected chi connectivity index (χ2v) is 7.24. The minimum Gasteiger partial charge on any atom is -0.360 e. The lowest BCUT2D eigenvalue weighted by atomic mass is 9.96. The zero-order valence-electron chi connectivity index (χ0n) is 11.5. The van der Waals surface area contributed by atoms with E-state index in [1.807, 2.05) is 0 Å². The van der Waals surface area contributed by atoms with Crippen molar-refractivity contribution in [2.45, 2.75) is 38.0 Å². The van der Waals surface area contributed by atoms with E-state index in [2.05, 4.69) is 45.8 Å². The number of rotatable bonds is 6. The number of benzene rings is 1. The highest BCUT2D eigenvalue weighted by atomic mass is 32.1. The Morgan fingerprint density at radius 3 is 2.65 bits per heavy atom. The molecule has 2 fully saturated rings. The van der Waals surface area contributed by atoms with E-state index in [1.165, 1.54) is 42.7 Å². The predicted octanol–water partition coefficient (Wildman–Crippen LogP) is 3.85. The molecule has 0 radical (unpaired) electrons. The van der Waals surface area contributed by atoms with Gasteiger partial charge in [0.2, 0.25) is 5.13 Å². The highest BCUT2D eigenvalue weighted by Gasteiger charge is 2.42. The molecule has 0 spiro atoms. The first-order valence-electron chi connectivity index (χ1n) is 7.44. The fourth-order valence-electron chi connectivity index (χ4n) is 2.69. The van der Waals surface area contributed by atoms with E-state index in [4.69, 9.17) is 0 Å². The molecule has 1 aromatic heterocycles. The highest BCUT2D eigenvalue weighted by Crippen LogP contribution is 2.48. The molecule has 0 bridgehead atoms. The van der Waals surface area contributed by atoms with Crippen LogP contribution < -0.4 is 5.32 Å². The normalized spacial score (nSPS) is 19.8. The summed E-state index contributed by atoms with van der Waals surface area (Å²) in [6.45, 7) is 1.03. The number of nitrogens with one attached hydrogen (secondary N) is 1. The molecule has 0 atom stereocenters. The molecule has 2 saturated carbocycles. The van der Waals surface area contributed by atoms with Gasteiger partial charge in [-0.15, -0.1) is 10.2 Å². The Morgan fingerprint density at radius 1 is 1.15 bits per heavy atom. The lowest BCUT2D eigenvalue weighted by Gasteiger charge is -2.15. The summed E-state index contributed by atoms with van der Waals surface area (Å²) < 4.78 is 0. The quantitative estimate of drug-likeness (QED) is 0.876. The SMILES string of the molecule is c1ccc(CC2(CNc3nnc(C4CC4)s3)CC2)cc1. The summed E-state index contributed by atoms with van der Waals surface area (Å²) in [5.41, 5.74) is 1.90. The molecule has 2 aliphatic carbocycles. The van der Waals surface area contributed by atoms with Gasteiger partial charge >= 0.3 is 0 Å². The van der Waals surface area contributed by atoms with Crippen molar-refractivity contribution in [1.82, 2.24) is 10.2 Å². The van der Waals surface area contributed by atoms with Gasteiger partial charge in [-0.25, -0.2) is 0 Å². The maximum Gasteiger partial charge on any atom is 0.205 e. The molecule has 20 heavy (non-hydrogen) atoms. The van der Waals surface area contributed by atoms with Crippen molar-refractivity contribution in [3.05, 3.63) is 40.9 Å². The smallest absolute Gasteiger partial charge is 0.205 e. The van der Waals surface area contributed by atoms with Crippen LogP contribution in [0.4, 0.5) is 5.13 Å². The van der Waals surface area contributed by atoms with Crippen molar-refractivity contribution in [3.8, 4) is 0 Å². The third-order valence-electron chi connectivity index (χ3n) is 4.36. The van der Waals surface area contributed by atoms with Crippen molar-refractivity contribution >= 4 is 16.5 Å². The molecule has 0 saturated heterocycles. The standard InChI is InChI=1S/C16H19N3S/c1-2-4-12(5-3-1)10-16(8-9-16)11-17-15-19-18-14(20-15)13-6-7-13/h1-5,13H,6-11H2,(H,17,19). The second-order valence-electron chi connectivity index (χ2n) is 6.24. The maximum absolute atomic E-state index is 4.29. The number of hydrogen-bond donors (Lipinski definition) is 1. The molecule has 1 heterocycles. The Bertz CT molecular complexity index is 585. The Hall–Kier alpha value is -1.42. The monoisotopic (exact) mass is 285 g/mol. The van der Waals surface area contributed by atoms with Crippen molar-refractivity contribution in [3.63, 3.8) is 0 Å². The molecule has 3 nitrogen and oxygen atoms in total. The van der Waals surface area contributed by atoms with Crippen LogP contribution in [-0.2, 0) is 6.42 Å². The van der Waals surface area contributed by atoms with Gasteiger partial charge in [0, 0.05) is 12.5 Å². The molecule has 2 aliphatic rings. The fraction of sp³-hybridized carbons (Fsp3) is 0.500. The Morgan fingerprint density at radius 2 is 1.95 bits per heavy atom. The van der Waals surface area contributed by atoms with E-state index in [9.17, 15) is 0 Å². The van der Waals surface area contributed by atoms with Crippen molar-refractivity contribution in [2.24, 2.45) is 5.41 Å². The lowest BCUT2D eigenvalue weighted by Crippen LogP contribution is -2.17. The maximum atomic E-state index is 4.29. The molecule has 0 unspecified atom stereocenters. The molecule has 4 rings (SSSR count). The summed E-state index contributed by atoms with van der Waals surface area (Å²) in [4.78, 5) is 0. The topological polar surface area (TPSA) is 37.8 Å². The number of nitrogens with zero attached hydrogens (tertiary/aromatic N) is 2. The molecule has 0 aliphatic heterocycles. The molecule has 104 valence electrons. The van der Waals surface area contributed by atoms with Crippen molar-refractivity contribution in [1.29, 1.82) is 0 Å². The summed E-state index contributed by atoms with van der Waals surface area (Å²) in [6.07, 6.45) is 6.42. The number of aromatic nitrogens is 2. The molecule has 1 aromatic carbocycles. The van der Waals surface area contributed by atoms with E-state index in [-0.39, 0.29) is 0 Å². The molecule has 0 amide bonds. The van der Waals surface area contributed by atoms with Gasteiger partial charge in [-0.1, -0.05) is 41.7 Å². The van der Waals surface area contributed by atoms with Crippen LogP contribution in [0.15, 0.2) is 30.3 Å². The van der Waals surface area contributed by atoms with E-state index >= 15 is 0 Å². The summed E-state index contributed by atoms with van der Waals surface area (Å²) in [6, 6.07) is 10.8. The summed E-state index contributed by atoms with van der Waals surface area (Å²) in [7, 11) is 0. The number of hydrogen-bond acceptors (Lipinski definition) is 4. The third-order valence-corrected chi connectivity index (χ3v) is 5.40. The van der Waals surface area contributed by atoms with Crippen LogP contribution >= 0.6 is 11.3 Å². The van der Waals surface area contributed by atoms with Crippen LogP contribution in [0, 0.1) is 5.41 Å². The largest absolute Gasteiger partial charge is 0.360 e. The fourth-order valence-corrected chi connectivity index (χ4v) is 3.59. The predicted molar refractivity (Wildman–Crippen MR) is 82.2 cm³/mol. The Labute approximate surface area is 123 Å². The zero-order valence-corrected chi connectivity index (χ0v) is 12.3. The molecule has 1 N–H and O–H groups in total. The minimum atomic E-state index is 0.451. The van der Waals surface area contributed by atoms with Gasteiger partial charge in [-0.3, -0.25) is 0 Å². The summed E-state index contributed by atoms with van der Waals surface area (Å²) in [5.74, 6) is 0.710. The average Bonchev–Trinajstić information content (AvgIpc) is 3.40. The van der Waals surface area contributed by atoms with Gasteiger partial charge in [0.05, 0.1) is 0 Å². The van der Waals surface area contributed by atoms with E-state index in [0.29, 0.717) is 11.3 Å². The molecule has 4 heteroatoms. The number of anilines is 1. The van der Waals surface area contributed by atoms with Gasteiger partial charge in [-0.2, -0.15) is 0 Å². The first-order chi connectivity index (χ1) is 9.83. The van der Waals surface area contributed by atoms with Crippen LogP contribution in [0.1, 0.15) is 42.2 Å². The van der Waals surface area contributed by atoms with Crippen LogP contribution in [0.25, 0.3) is 0 Å². The van der Waals surface area contributed by atoms with Crippen LogP contribution in [0.2, 0.25) is 0 Å². The van der Waals surface area contributed by atoms with Crippen molar-refractivity contribution < 1.29 is 0 Å². The third kappa shape index (κ3) is 2.70. The first-order valence-corrected chi connectivity index (χ1v) is 8.26. The summed E-state index contributed by atoms with van der Waals surface area (Å²) in [5, 5.41) is 14.3. The minimum absolute atomic E-state index is 0.451. The van der Waals surface area contributed by atoms with Crippen LogP contribution in [0.5, 0.6) is 0 Å². The van der Waals surface area contributed by atoms with Crippen molar-refractivity contribution in [2.75, 3.05) is 11.9 Å². The van der Waals surface area contributed by atoms with Gasteiger partial charge in [0.25, 0.3) is 0 Å². The molecular formula is C16H19N3S. The Balaban J connectivity index is 1.36. The molecular weight excluding hydrogens is 266 g/mol. The Kier molecular flexibility index (Phi) is 2.99. The van der Waals surface area contributed by atoms with Crippen LogP contribution in [0.3, 0.4) is 0 Å². The summed E-state index contributed by atoms with van der Waals surface area (Å²) >= 11 is 1.74. The van der Waals surface area contributed by atoms with E-state index < -0.39 is 0 Å². The average molecular weight is 285 g/mol. The van der Waals surface area contributed by atoms with E-state index in [0.717, 1.165) is 11.7 Å². The van der Waals surface area contributed by atoms with Gasteiger partial charge < -0.3 is 5.32 Å². The van der Waals surface area contributed by atoms with Crippen LogP contribution in [-0.4, -0.2) is 16.7 Å². The first kappa shape index (κ1) is 12.3. The highest BCUT2D eigenvalue weighted by molar-refractivity contribution is 7.15. The lowest BCUT2D eigenvalue weighted by molar-refractivity contribution is 0.538. The molecule has 2 aromatic rings. The van der Waals surface area contributed by atoms with E-state index in [1.54, 1.807) is 11.3 Å². The van der Waals surface area contributed by atoms with Gasteiger partial charge in [-0.05, 0) is 43.1 Å². The van der Waals surface area contributed by atoms with Gasteiger partial charge in [0.15, 0.2) is 0 Å². The van der Waals surface area contributed by atoms with Gasteiger partial charge in [0.1, 0.15) is 5.01 Å².